The Kier molecular flexibility index (Phi) is 9.01. The van der Waals surface area contributed by atoms with Gasteiger partial charge in [-0.3, -0.25) is 4.90 Å². The Balaban J connectivity index is 1.25. The molecule has 3 unspecified atom stereocenters. The Morgan fingerprint density at radius 1 is 0.892 bits per heavy atom. The highest BCUT2D eigenvalue weighted by Crippen LogP contribution is 2.35. The fourth-order valence-corrected chi connectivity index (χ4v) is 5.55. The minimum absolute atomic E-state index is 0.0772. The number of piperazine rings is 1. The highest BCUT2D eigenvalue weighted by atomic mass is 35.5. The summed E-state index contributed by atoms with van der Waals surface area (Å²) in [6, 6.07) is 28.1. The number of anilines is 1. The van der Waals surface area contributed by atoms with Crippen LogP contribution in [0.3, 0.4) is 0 Å². The Bertz CT molecular complexity index is 1090. The lowest BCUT2D eigenvalue weighted by molar-refractivity contribution is -0.165. The van der Waals surface area contributed by atoms with E-state index in [1.165, 1.54) is 23.2 Å². The smallest absolute Gasteiger partial charge is 0.157 e. The van der Waals surface area contributed by atoms with Gasteiger partial charge in [-0.25, -0.2) is 0 Å². The van der Waals surface area contributed by atoms with Gasteiger partial charge in [0.25, 0.3) is 0 Å². The highest BCUT2D eigenvalue weighted by Gasteiger charge is 2.33. The van der Waals surface area contributed by atoms with Crippen LogP contribution in [0.4, 0.5) is 5.69 Å². The molecule has 3 atom stereocenters. The molecule has 2 aliphatic rings. The topological polar surface area (TPSA) is 34.2 Å². The summed E-state index contributed by atoms with van der Waals surface area (Å²) in [6.45, 7) is 7.05. The van der Waals surface area contributed by atoms with Crippen molar-refractivity contribution in [3.63, 3.8) is 0 Å². The molecule has 5 rings (SSSR count). The summed E-state index contributed by atoms with van der Waals surface area (Å²) in [4.78, 5) is 5.10. The molecule has 0 N–H and O–H groups in total. The Morgan fingerprint density at radius 3 is 2.41 bits per heavy atom. The fourth-order valence-electron chi connectivity index (χ4n) is 5.43. The van der Waals surface area contributed by atoms with E-state index < -0.39 is 0 Å². The summed E-state index contributed by atoms with van der Waals surface area (Å²) in [7, 11) is 0. The third-order valence-electron chi connectivity index (χ3n) is 7.20. The molecule has 0 saturated carbocycles. The van der Waals surface area contributed by atoms with Crippen molar-refractivity contribution in [1.29, 1.82) is 0 Å². The number of halogens is 1. The first-order valence-corrected chi connectivity index (χ1v) is 13.8. The molecule has 5 nitrogen and oxygen atoms in total. The first-order valence-electron chi connectivity index (χ1n) is 13.4. The Labute approximate surface area is 225 Å². The average molecular weight is 521 g/mol. The van der Waals surface area contributed by atoms with Crippen molar-refractivity contribution in [1.82, 2.24) is 4.90 Å². The predicted molar refractivity (Wildman–Crippen MR) is 149 cm³/mol. The van der Waals surface area contributed by atoms with Gasteiger partial charge >= 0.3 is 0 Å². The maximum Gasteiger partial charge on any atom is 0.157 e. The molecule has 196 valence electrons. The van der Waals surface area contributed by atoms with Gasteiger partial charge in [0.2, 0.25) is 0 Å². The summed E-state index contributed by atoms with van der Waals surface area (Å²) in [5.74, 6) is 0.857. The number of nitrogens with zero attached hydrogens (tertiary/aromatic N) is 2. The standard InChI is InChI=1S/C31H37ClN2O3/c1-24-21-33(22-25-7-3-2-4-8-25)23-30(26-10-12-27(32)13-11-26)34(24)28-14-16-29(17-15-28)35-19-20-37-31-9-5-6-18-36-31/h2-4,7-8,10-17,24,30-31H,5-6,9,18-23H2,1H3. The van der Waals surface area contributed by atoms with Crippen molar-refractivity contribution >= 4 is 17.3 Å². The normalized spacial score (nSPS) is 22.6. The van der Waals surface area contributed by atoms with Crippen LogP contribution >= 0.6 is 11.6 Å². The van der Waals surface area contributed by atoms with Crippen LogP contribution in [0.15, 0.2) is 78.9 Å². The van der Waals surface area contributed by atoms with Crippen molar-refractivity contribution < 1.29 is 14.2 Å². The molecule has 3 aromatic rings. The van der Waals surface area contributed by atoms with Crippen molar-refractivity contribution in [3.05, 3.63) is 95.0 Å². The first-order chi connectivity index (χ1) is 18.2. The van der Waals surface area contributed by atoms with E-state index in [2.05, 4.69) is 83.5 Å². The zero-order valence-electron chi connectivity index (χ0n) is 21.6. The minimum atomic E-state index is -0.0772. The van der Waals surface area contributed by atoms with Gasteiger partial charge in [0.05, 0.1) is 12.6 Å². The van der Waals surface area contributed by atoms with Crippen LogP contribution in [-0.4, -0.2) is 50.1 Å². The Morgan fingerprint density at radius 2 is 1.68 bits per heavy atom. The zero-order valence-corrected chi connectivity index (χ0v) is 22.4. The van der Waals surface area contributed by atoms with Crippen LogP contribution in [0.2, 0.25) is 5.02 Å². The van der Waals surface area contributed by atoms with Crippen LogP contribution < -0.4 is 9.64 Å². The molecule has 2 fully saturated rings. The SMILES string of the molecule is CC1CN(Cc2ccccc2)CC(c2ccc(Cl)cc2)N1c1ccc(OCCOC2CCCCO2)cc1. The van der Waals surface area contributed by atoms with Gasteiger partial charge in [0, 0.05) is 43.0 Å². The number of hydrogen-bond acceptors (Lipinski definition) is 5. The van der Waals surface area contributed by atoms with E-state index in [4.69, 9.17) is 25.8 Å². The van der Waals surface area contributed by atoms with Crippen molar-refractivity contribution in [3.8, 4) is 5.75 Å². The molecule has 0 aliphatic carbocycles. The van der Waals surface area contributed by atoms with Gasteiger partial charge in [-0.05, 0) is 73.7 Å². The lowest BCUT2D eigenvalue weighted by Crippen LogP contribution is -2.53. The summed E-state index contributed by atoms with van der Waals surface area (Å²) >= 11 is 6.23. The van der Waals surface area contributed by atoms with Crippen LogP contribution in [-0.2, 0) is 16.0 Å². The quantitative estimate of drug-likeness (QED) is 0.293. The third kappa shape index (κ3) is 7.05. The summed E-state index contributed by atoms with van der Waals surface area (Å²) < 4.78 is 17.4. The molecular weight excluding hydrogens is 484 g/mol. The molecular formula is C31H37ClN2O3. The van der Waals surface area contributed by atoms with E-state index in [-0.39, 0.29) is 12.3 Å². The molecule has 0 bridgehead atoms. The maximum atomic E-state index is 6.23. The van der Waals surface area contributed by atoms with Crippen LogP contribution in [0.1, 0.15) is 43.4 Å². The van der Waals surface area contributed by atoms with E-state index in [0.717, 1.165) is 49.9 Å². The van der Waals surface area contributed by atoms with Crippen LogP contribution in [0.5, 0.6) is 5.75 Å². The largest absolute Gasteiger partial charge is 0.491 e. The van der Waals surface area contributed by atoms with E-state index in [9.17, 15) is 0 Å². The lowest BCUT2D eigenvalue weighted by atomic mass is 9.97. The predicted octanol–water partition coefficient (Wildman–Crippen LogP) is 6.71. The second-order valence-electron chi connectivity index (χ2n) is 10.0. The first kappa shape index (κ1) is 26.1. The van der Waals surface area contributed by atoms with Crippen molar-refractivity contribution in [2.45, 2.75) is 51.1 Å². The van der Waals surface area contributed by atoms with E-state index in [1.54, 1.807) is 0 Å². The summed E-state index contributed by atoms with van der Waals surface area (Å²) in [5.41, 5.74) is 3.82. The number of hydrogen-bond donors (Lipinski definition) is 0. The van der Waals surface area contributed by atoms with E-state index in [1.807, 2.05) is 12.1 Å². The molecule has 2 saturated heterocycles. The molecule has 2 heterocycles. The van der Waals surface area contributed by atoms with Crippen LogP contribution in [0, 0.1) is 0 Å². The van der Waals surface area contributed by atoms with Gasteiger partial charge in [-0.2, -0.15) is 0 Å². The lowest BCUT2D eigenvalue weighted by Gasteiger charge is -2.47. The summed E-state index contributed by atoms with van der Waals surface area (Å²) in [5, 5.41) is 0.765. The molecule has 2 aliphatic heterocycles. The van der Waals surface area contributed by atoms with Gasteiger partial charge in [0.15, 0.2) is 6.29 Å². The third-order valence-corrected chi connectivity index (χ3v) is 7.45. The monoisotopic (exact) mass is 520 g/mol. The summed E-state index contributed by atoms with van der Waals surface area (Å²) in [6.07, 6.45) is 3.19. The molecule has 0 amide bonds. The van der Waals surface area contributed by atoms with Crippen LogP contribution in [0.25, 0.3) is 0 Å². The van der Waals surface area contributed by atoms with Gasteiger partial charge in [-0.15, -0.1) is 0 Å². The molecule has 37 heavy (non-hydrogen) atoms. The minimum Gasteiger partial charge on any atom is -0.491 e. The van der Waals surface area contributed by atoms with Crippen molar-refractivity contribution in [2.24, 2.45) is 0 Å². The maximum absolute atomic E-state index is 6.23. The second kappa shape index (κ2) is 12.8. The number of ether oxygens (including phenoxy) is 3. The molecule has 3 aromatic carbocycles. The number of rotatable bonds is 9. The molecule has 0 spiro atoms. The average Bonchev–Trinajstić information content (AvgIpc) is 2.93. The molecule has 6 heteroatoms. The van der Waals surface area contributed by atoms with Gasteiger partial charge < -0.3 is 19.1 Å². The fraction of sp³-hybridized carbons (Fsp3) is 0.419. The molecule has 0 radical (unpaired) electrons. The van der Waals surface area contributed by atoms with E-state index in [0.29, 0.717) is 19.3 Å². The number of benzene rings is 3. The zero-order chi connectivity index (χ0) is 25.5. The van der Waals surface area contributed by atoms with Crippen molar-refractivity contribution in [2.75, 3.05) is 37.8 Å². The van der Waals surface area contributed by atoms with Gasteiger partial charge in [0.1, 0.15) is 12.4 Å². The second-order valence-corrected chi connectivity index (χ2v) is 10.4. The van der Waals surface area contributed by atoms with E-state index >= 15 is 0 Å². The van der Waals surface area contributed by atoms with Gasteiger partial charge in [-0.1, -0.05) is 54.1 Å². The molecule has 0 aromatic heterocycles. The highest BCUT2D eigenvalue weighted by molar-refractivity contribution is 6.30. The Hall–Kier alpha value is -2.57.